The van der Waals surface area contributed by atoms with Gasteiger partial charge in [-0.05, 0) is 19.1 Å². The van der Waals surface area contributed by atoms with Crippen molar-refractivity contribution < 1.29 is 14.3 Å². The smallest absolute Gasteiger partial charge is 0.330 e. The number of nitrogens with zero attached hydrogens (tertiary/aromatic N) is 2. The third-order valence-corrected chi connectivity index (χ3v) is 1.55. The highest BCUT2D eigenvalue weighted by Gasteiger charge is 1.96. The summed E-state index contributed by atoms with van der Waals surface area (Å²) in [6.07, 6.45) is 2.84. The third kappa shape index (κ3) is 3.76. The van der Waals surface area contributed by atoms with Gasteiger partial charge in [0.05, 0.1) is 19.4 Å². The normalized spacial score (nSPS) is 10.3. The lowest BCUT2D eigenvalue weighted by Gasteiger charge is -1.96. The molecule has 0 aliphatic rings. The molecule has 5 nitrogen and oxygen atoms in total. The predicted octanol–water partition coefficient (Wildman–Crippen LogP) is 1.06. The van der Waals surface area contributed by atoms with Crippen molar-refractivity contribution in [1.29, 1.82) is 0 Å². The van der Waals surface area contributed by atoms with Gasteiger partial charge in [-0.2, -0.15) is 0 Å². The minimum atomic E-state index is -0.393. The van der Waals surface area contributed by atoms with Crippen LogP contribution in [0, 0.1) is 0 Å². The molecule has 80 valence electrons. The summed E-state index contributed by atoms with van der Waals surface area (Å²) >= 11 is 0. The number of carbonyl (C=O) groups is 1. The van der Waals surface area contributed by atoms with Crippen molar-refractivity contribution in [3.63, 3.8) is 0 Å². The zero-order chi connectivity index (χ0) is 11.1. The van der Waals surface area contributed by atoms with Crippen molar-refractivity contribution in [1.82, 2.24) is 10.2 Å². The number of hydrogen-bond donors (Lipinski definition) is 0. The Morgan fingerprint density at radius 2 is 2.27 bits per heavy atom. The minimum Gasteiger partial charge on any atom is -0.480 e. The Bertz CT molecular complexity index is 346. The highest BCUT2D eigenvalue weighted by molar-refractivity contribution is 5.86. The lowest BCUT2D eigenvalue weighted by molar-refractivity contribution is -0.137. The van der Waals surface area contributed by atoms with Crippen molar-refractivity contribution >= 4 is 12.0 Å². The van der Waals surface area contributed by atoms with E-state index >= 15 is 0 Å². The van der Waals surface area contributed by atoms with Crippen molar-refractivity contribution in [2.24, 2.45) is 0 Å². The highest BCUT2D eigenvalue weighted by atomic mass is 16.5. The van der Waals surface area contributed by atoms with E-state index in [0.29, 0.717) is 18.2 Å². The van der Waals surface area contributed by atoms with Gasteiger partial charge < -0.3 is 9.47 Å². The highest BCUT2D eigenvalue weighted by Crippen LogP contribution is 2.04. The second-order valence-corrected chi connectivity index (χ2v) is 2.59. The van der Waals surface area contributed by atoms with Crippen molar-refractivity contribution in [3.05, 3.63) is 23.9 Å². The molecule has 1 aromatic rings. The molecule has 0 aliphatic carbocycles. The van der Waals surface area contributed by atoms with Gasteiger partial charge in [-0.1, -0.05) is 0 Å². The van der Waals surface area contributed by atoms with Crippen LogP contribution in [0.2, 0.25) is 0 Å². The largest absolute Gasteiger partial charge is 0.480 e. The summed E-state index contributed by atoms with van der Waals surface area (Å²) in [5.74, 6) is 0.0402. The monoisotopic (exact) mass is 208 g/mol. The predicted molar refractivity (Wildman–Crippen MR) is 54.3 cm³/mol. The van der Waals surface area contributed by atoms with Crippen molar-refractivity contribution in [2.45, 2.75) is 6.92 Å². The molecule has 0 radical (unpaired) electrons. The van der Waals surface area contributed by atoms with E-state index in [9.17, 15) is 4.79 Å². The number of carbonyl (C=O) groups excluding carboxylic acids is 1. The second kappa shape index (κ2) is 5.74. The summed E-state index contributed by atoms with van der Waals surface area (Å²) in [7, 11) is 1.51. The number of esters is 1. The first-order chi connectivity index (χ1) is 7.26. The molecule has 0 bridgehead atoms. The first-order valence-electron chi connectivity index (χ1n) is 4.48. The lowest BCUT2D eigenvalue weighted by Crippen LogP contribution is -1.99. The minimum absolute atomic E-state index is 0.359. The van der Waals surface area contributed by atoms with Crippen LogP contribution in [0.3, 0.4) is 0 Å². The van der Waals surface area contributed by atoms with E-state index < -0.39 is 5.97 Å². The van der Waals surface area contributed by atoms with Crippen LogP contribution >= 0.6 is 0 Å². The second-order valence-electron chi connectivity index (χ2n) is 2.59. The molecule has 0 fully saturated rings. The van der Waals surface area contributed by atoms with Gasteiger partial charge >= 0.3 is 5.97 Å². The first kappa shape index (κ1) is 11.2. The molecule has 0 saturated heterocycles. The van der Waals surface area contributed by atoms with Gasteiger partial charge in [0.15, 0.2) is 0 Å². The maximum atomic E-state index is 11.0. The molecule has 0 atom stereocenters. The summed E-state index contributed by atoms with van der Waals surface area (Å²) in [5, 5.41) is 7.56. The van der Waals surface area contributed by atoms with Crippen LogP contribution in [-0.4, -0.2) is 29.9 Å². The Balaban J connectivity index is 2.60. The molecule has 0 unspecified atom stereocenters. The molecule has 1 aromatic heterocycles. The third-order valence-electron chi connectivity index (χ3n) is 1.55. The van der Waals surface area contributed by atoms with Crippen LogP contribution in [0.5, 0.6) is 5.88 Å². The average molecular weight is 208 g/mol. The summed E-state index contributed by atoms with van der Waals surface area (Å²) in [5.41, 5.74) is 0.573. The molecule has 1 heterocycles. The number of aromatic nitrogens is 2. The van der Waals surface area contributed by atoms with Gasteiger partial charge in [-0.25, -0.2) is 4.79 Å². The summed E-state index contributed by atoms with van der Waals surface area (Å²) in [4.78, 5) is 11.0. The Hall–Kier alpha value is -1.91. The maximum absolute atomic E-state index is 11.0. The number of methoxy groups -OCH3 is 1. The first-order valence-corrected chi connectivity index (χ1v) is 4.48. The zero-order valence-electron chi connectivity index (χ0n) is 8.64. The van der Waals surface area contributed by atoms with Gasteiger partial charge in [0.25, 0.3) is 0 Å². The van der Waals surface area contributed by atoms with E-state index in [4.69, 9.17) is 9.47 Å². The molecule has 0 spiro atoms. The van der Waals surface area contributed by atoms with Crippen LogP contribution in [0.25, 0.3) is 6.08 Å². The molecule has 15 heavy (non-hydrogen) atoms. The summed E-state index contributed by atoms with van der Waals surface area (Å²) in [6, 6.07) is 3.36. The van der Waals surface area contributed by atoms with Crippen LogP contribution in [0.15, 0.2) is 18.2 Å². The molecular weight excluding hydrogens is 196 g/mol. The number of rotatable bonds is 4. The number of hydrogen-bond acceptors (Lipinski definition) is 5. The molecule has 0 aromatic carbocycles. The molecular formula is C10H12N2O3. The van der Waals surface area contributed by atoms with Gasteiger partial charge in [0.1, 0.15) is 0 Å². The Morgan fingerprint density at radius 3 is 2.80 bits per heavy atom. The van der Waals surface area contributed by atoms with E-state index in [-0.39, 0.29) is 0 Å². The van der Waals surface area contributed by atoms with Crippen LogP contribution in [0.1, 0.15) is 12.6 Å². The van der Waals surface area contributed by atoms with Gasteiger partial charge in [-0.15, -0.1) is 10.2 Å². The van der Waals surface area contributed by atoms with Crippen molar-refractivity contribution in [3.8, 4) is 5.88 Å². The van der Waals surface area contributed by atoms with Gasteiger partial charge in [0, 0.05) is 12.1 Å². The maximum Gasteiger partial charge on any atom is 0.330 e. The fraction of sp³-hybridized carbons (Fsp3) is 0.300. The quantitative estimate of drug-likeness (QED) is 0.547. The lowest BCUT2D eigenvalue weighted by atomic mass is 10.3. The van der Waals surface area contributed by atoms with Gasteiger partial charge in [0.2, 0.25) is 5.88 Å². The number of ether oxygens (including phenoxy) is 2. The molecule has 5 heteroatoms. The van der Waals surface area contributed by atoms with E-state index in [1.54, 1.807) is 19.1 Å². The Kier molecular flexibility index (Phi) is 4.28. The topological polar surface area (TPSA) is 61.3 Å². The van der Waals surface area contributed by atoms with E-state index in [2.05, 4.69) is 10.2 Å². The van der Waals surface area contributed by atoms with E-state index in [1.165, 1.54) is 19.3 Å². The molecule has 0 amide bonds. The van der Waals surface area contributed by atoms with Crippen LogP contribution in [-0.2, 0) is 9.53 Å². The Morgan fingerprint density at radius 1 is 1.47 bits per heavy atom. The summed E-state index contributed by atoms with van der Waals surface area (Å²) in [6.45, 7) is 2.11. The SMILES string of the molecule is CCOC(=O)/C=C/c1ccc(OC)nn1. The Labute approximate surface area is 87.7 Å². The van der Waals surface area contributed by atoms with Crippen LogP contribution < -0.4 is 4.74 Å². The van der Waals surface area contributed by atoms with E-state index in [1.807, 2.05) is 0 Å². The van der Waals surface area contributed by atoms with Crippen molar-refractivity contribution in [2.75, 3.05) is 13.7 Å². The fourth-order valence-electron chi connectivity index (χ4n) is 0.872. The average Bonchev–Trinajstić information content (AvgIpc) is 2.27. The fourth-order valence-corrected chi connectivity index (χ4v) is 0.872. The molecule has 1 rings (SSSR count). The summed E-state index contributed by atoms with van der Waals surface area (Å²) < 4.78 is 9.55. The van der Waals surface area contributed by atoms with E-state index in [0.717, 1.165) is 0 Å². The van der Waals surface area contributed by atoms with Crippen LogP contribution in [0.4, 0.5) is 0 Å². The molecule has 0 aliphatic heterocycles. The zero-order valence-corrected chi connectivity index (χ0v) is 8.64. The molecule has 0 N–H and O–H groups in total. The van der Waals surface area contributed by atoms with Gasteiger partial charge in [-0.3, -0.25) is 0 Å². The molecule has 0 saturated carbocycles. The standard InChI is InChI=1S/C10H12N2O3/c1-3-15-10(13)7-5-8-4-6-9(14-2)12-11-8/h4-7H,3H2,1-2H3/b7-5+.